The number of nitrogens with zero attached hydrogens (tertiary/aromatic N) is 1. The highest BCUT2D eigenvalue weighted by atomic mass is 15.1. The van der Waals surface area contributed by atoms with Crippen LogP contribution in [0.25, 0.3) is 77.9 Å². The molecule has 0 amide bonds. The standard InChI is InChI=1S/C72H53N/c1-71(2)67-30-15-12-26-61(67)64-28-17-27-63(70(64)71)59-24-11-10-23-57(59)52-36-38-54(39-37-52)73(56-41-43-62-60-25-13-16-31-68(60)72(69(62)47-56)45-44-53-22-9-14-29-66(53)72)55-40-42-58(65(46-55)50-20-7-4-8-21-50)51-34-32-49(33-35-51)48-18-5-3-6-19-48/h3-43,46-47H,44-45H2,1-2H3. The summed E-state index contributed by atoms with van der Waals surface area (Å²) in [6, 6.07) is 97.4. The molecule has 11 aromatic rings. The molecular formula is C72H53N. The maximum atomic E-state index is 2.52. The number of fused-ring (bicyclic) bond motifs is 10. The van der Waals surface area contributed by atoms with Crippen LogP contribution in [0.5, 0.6) is 0 Å². The Labute approximate surface area is 429 Å². The number of rotatable bonds is 8. The van der Waals surface area contributed by atoms with Gasteiger partial charge in [0.1, 0.15) is 0 Å². The van der Waals surface area contributed by atoms with Gasteiger partial charge in [0.05, 0.1) is 0 Å². The summed E-state index contributed by atoms with van der Waals surface area (Å²) in [5.74, 6) is 0. The highest BCUT2D eigenvalue weighted by Gasteiger charge is 2.48. The average Bonchev–Trinajstić information content (AvgIpc) is 4.07. The van der Waals surface area contributed by atoms with Crippen LogP contribution in [0.4, 0.5) is 17.1 Å². The molecule has 11 aromatic carbocycles. The van der Waals surface area contributed by atoms with Gasteiger partial charge in [-0.15, -0.1) is 0 Å². The van der Waals surface area contributed by atoms with Crippen molar-refractivity contribution in [2.24, 2.45) is 0 Å². The van der Waals surface area contributed by atoms with Gasteiger partial charge in [-0.1, -0.05) is 238 Å². The SMILES string of the molecule is CC1(C)c2ccccc2-c2cccc(-c3ccccc3-c3ccc(N(c4ccc(-c5ccc(-c6ccccc6)cc5)c(-c5ccccc5)c4)c4ccc5c(c4)C4(CCc6ccccc64)c4ccccc4-5)cc3)c21. The van der Waals surface area contributed by atoms with Crippen molar-refractivity contribution in [2.45, 2.75) is 37.5 Å². The van der Waals surface area contributed by atoms with E-state index in [2.05, 4.69) is 280 Å². The minimum atomic E-state index is -0.212. The first kappa shape index (κ1) is 43.0. The van der Waals surface area contributed by atoms with Crippen molar-refractivity contribution < 1.29 is 0 Å². The summed E-state index contributed by atoms with van der Waals surface area (Å²) in [5.41, 5.74) is 29.0. The van der Waals surface area contributed by atoms with Crippen molar-refractivity contribution in [1.29, 1.82) is 0 Å². The molecule has 0 N–H and O–H groups in total. The Morgan fingerprint density at radius 2 is 0.726 bits per heavy atom. The van der Waals surface area contributed by atoms with E-state index in [0.717, 1.165) is 29.9 Å². The Morgan fingerprint density at radius 1 is 0.288 bits per heavy atom. The molecule has 0 radical (unpaired) electrons. The van der Waals surface area contributed by atoms with Gasteiger partial charge in [0.15, 0.2) is 0 Å². The fraction of sp³-hybridized carbons (Fsp3) is 0.0833. The summed E-state index contributed by atoms with van der Waals surface area (Å²) in [6.45, 7) is 4.77. The first-order chi connectivity index (χ1) is 36.0. The second-order valence-electron chi connectivity index (χ2n) is 20.7. The van der Waals surface area contributed by atoms with E-state index in [4.69, 9.17) is 0 Å². The van der Waals surface area contributed by atoms with Gasteiger partial charge in [-0.05, 0) is 161 Å². The molecule has 1 nitrogen and oxygen atoms in total. The van der Waals surface area contributed by atoms with Gasteiger partial charge in [-0.2, -0.15) is 0 Å². The molecule has 1 unspecified atom stereocenters. The zero-order chi connectivity index (χ0) is 48.7. The van der Waals surface area contributed by atoms with Gasteiger partial charge in [0.25, 0.3) is 0 Å². The molecule has 0 aliphatic heterocycles. The summed E-state index contributed by atoms with van der Waals surface area (Å²) >= 11 is 0. The fourth-order valence-electron chi connectivity index (χ4n) is 13.2. The van der Waals surface area contributed by atoms with Crippen LogP contribution in [-0.4, -0.2) is 0 Å². The Balaban J connectivity index is 0.931. The van der Waals surface area contributed by atoms with Gasteiger partial charge in [0, 0.05) is 27.9 Å². The van der Waals surface area contributed by atoms with Gasteiger partial charge >= 0.3 is 0 Å². The van der Waals surface area contributed by atoms with E-state index in [9.17, 15) is 0 Å². The average molecular weight is 932 g/mol. The van der Waals surface area contributed by atoms with Crippen molar-refractivity contribution in [2.75, 3.05) is 4.90 Å². The topological polar surface area (TPSA) is 3.24 Å². The van der Waals surface area contributed by atoms with Crippen LogP contribution in [0.1, 0.15) is 53.6 Å². The fourth-order valence-corrected chi connectivity index (χ4v) is 13.2. The molecule has 0 fully saturated rings. The number of benzene rings is 11. The third kappa shape index (κ3) is 6.76. The molecular weight excluding hydrogens is 879 g/mol. The summed E-state index contributed by atoms with van der Waals surface area (Å²) in [6.07, 6.45) is 2.11. The van der Waals surface area contributed by atoms with Crippen LogP contribution in [-0.2, 0) is 17.3 Å². The van der Waals surface area contributed by atoms with Crippen molar-refractivity contribution in [3.63, 3.8) is 0 Å². The quantitative estimate of drug-likeness (QED) is 0.147. The van der Waals surface area contributed by atoms with Crippen molar-refractivity contribution in [1.82, 2.24) is 0 Å². The number of hydrogen-bond acceptors (Lipinski definition) is 1. The third-order valence-corrected chi connectivity index (χ3v) is 16.5. The lowest BCUT2D eigenvalue weighted by Gasteiger charge is -2.31. The molecule has 73 heavy (non-hydrogen) atoms. The number of hydrogen-bond donors (Lipinski definition) is 0. The zero-order valence-electron chi connectivity index (χ0n) is 41.2. The van der Waals surface area contributed by atoms with E-state index in [-0.39, 0.29) is 10.8 Å². The highest BCUT2D eigenvalue weighted by molar-refractivity contribution is 5.95. The predicted octanol–water partition coefficient (Wildman–Crippen LogP) is 19.1. The van der Waals surface area contributed by atoms with Crippen LogP contribution < -0.4 is 4.90 Å². The number of aryl methyl sites for hydroxylation is 1. The van der Waals surface area contributed by atoms with Gasteiger partial charge in [-0.25, -0.2) is 0 Å². The highest BCUT2D eigenvalue weighted by Crippen LogP contribution is 2.60. The molecule has 346 valence electrons. The Kier molecular flexibility index (Phi) is 9.99. The maximum Gasteiger partial charge on any atom is 0.0470 e. The molecule has 3 aliphatic carbocycles. The van der Waals surface area contributed by atoms with Gasteiger partial charge < -0.3 is 4.90 Å². The van der Waals surface area contributed by atoms with Crippen molar-refractivity contribution in [3.8, 4) is 77.9 Å². The second-order valence-corrected chi connectivity index (χ2v) is 20.7. The minimum Gasteiger partial charge on any atom is -0.310 e. The van der Waals surface area contributed by atoms with Crippen LogP contribution in [0.2, 0.25) is 0 Å². The summed E-state index contributed by atoms with van der Waals surface area (Å²) in [4.78, 5) is 2.49. The molecule has 1 atom stereocenters. The normalized spacial score (nSPS) is 15.3. The van der Waals surface area contributed by atoms with E-state index in [1.165, 1.54) is 111 Å². The molecule has 3 aliphatic rings. The smallest absolute Gasteiger partial charge is 0.0470 e. The van der Waals surface area contributed by atoms with Crippen LogP contribution in [0.3, 0.4) is 0 Å². The Bertz CT molecular complexity index is 3920. The lowest BCUT2D eigenvalue weighted by atomic mass is 9.73. The molecule has 14 rings (SSSR count). The first-order valence-electron chi connectivity index (χ1n) is 25.9. The summed E-state index contributed by atoms with van der Waals surface area (Å²) in [5, 5.41) is 0. The van der Waals surface area contributed by atoms with E-state index >= 15 is 0 Å². The lowest BCUT2D eigenvalue weighted by molar-refractivity contribution is 0.626. The third-order valence-electron chi connectivity index (χ3n) is 16.5. The molecule has 0 bridgehead atoms. The molecule has 1 heteroatoms. The summed E-state index contributed by atoms with van der Waals surface area (Å²) < 4.78 is 0. The van der Waals surface area contributed by atoms with E-state index in [0.29, 0.717) is 0 Å². The molecule has 0 saturated heterocycles. The van der Waals surface area contributed by atoms with Crippen molar-refractivity contribution in [3.05, 3.63) is 294 Å². The first-order valence-corrected chi connectivity index (χ1v) is 25.9. The van der Waals surface area contributed by atoms with E-state index in [1.54, 1.807) is 0 Å². The molecule has 0 aromatic heterocycles. The monoisotopic (exact) mass is 931 g/mol. The van der Waals surface area contributed by atoms with E-state index in [1.807, 2.05) is 0 Å². The van der Waals surface area contributed by atoms with Gasteiger partial charge in [0.2, 0.25) is 0 Å². The van der Waals surface area contributed by atoms with Gasteiger partial charge in [-0.3, -0.25) is 0 Å². The molecule has 0 heterocycles. The van der Waals surface area contributed by atoms with Crippen LogP contribution in [0.15, 0.2) is 261 Å². The zero-order valence-corrected chi connectivity index (χ0v) is 41.2. The molecule has 1 spiro atoms. The van der Waals surface area contributed by atoms with Crippen LogP contribution in [0, 0.1) is 0 Å². The van der Waals surface area contributed by atoms with Crippen molar-refractivity contribution >= 4 is 17.1 Å². The maximum absolute atomic E-state index is 2.52. The minimum absolute atomic E-state index is 0.129. The Morgan fingerprint density at radius 3 is 1.44 bits per heavy atom. The largest absolute Gasteiger partial charge is 0.310 e. The Hall–Kier alpha value is -8.78. The lowest BCUT2D eigenvalue weighted by Crippen LogP contribution is -2.24. The van der Waals surface area contributed by atoms with E-state index < -0.39 is 0 Å². The summed E-state index contributed by atoms with van der Waals surface area (Å²) in [7, 11) is 0. The molecule has 0 saturated carbocycles. The predicted molar refractivity (Wildman–Crippen MR) is 306 cm³/mol. The van der Waals surface area contributed by atoms with Crippen LogP contribution >= 0.6 is 0 Å². The second kappa shape index (κ2) is 16.9. The number of anilines is 3.